The van der Waals surface area contributed by atoms with Gasteiger partial charge in [0.25, 0.3) is 0 Å². The number of benzene rings is 2. The first-order chi connectivity index (χ1) is 13.6. The molecule has 1 aliphatic rings. The Morgan fingerprint density at radius 1 is 1.18 bits per heavy atom. The van der Waals surface area contributed by atoms with E-state index in [-0.39, 0.29) is 11.7 Å². The topological polar surface area (TPSA) is 84.2 Å². The molecule has 1 amide bonds. The Kier molecular flexibility index (Phi) is 5.24. The summed E-state index contributed by atoms with van der Waals surface area (Å²) >= 11 is 7.05. The second-order valence-corrected chi connectivity index (χ2v) is 7.39. The van der Waals surface area contributed by atoms with Gasteiger partial charge < -0.3 is 14.8 Å². The maximum atomic E-state index is 12.2. The summed E-state index contributed by atoms with van der Waals surface area (Å²) in [5.41, 5.74) is 1.75. The number of nitrogens with zero attached hydrogens (tertiary/aromatic N) is 2. The number of nitrogens with one attached hydrogen (secondary N) is 1. The molecule has 4 rings (SSSR count). The molecule has 3 aromatic rings. The van der Waals surface area contributed by atoms with E-state index in [1.807, 2.05) is 6.07 Å². The van der Waals surface area contributed by atoms with Gasteiger partial charge in [-0.1, -0.05) is 23.4 Å². The van der Waals surface area contributed by atoms with Gasteiger partial charge in [-0.15, -0.1) is 0 Å². The number of amides is 1. The van der Waals surface area contributed by atoms with E-state index in [2.05, 4.69) is 16.4 Å². The molecule has 2 heterocycles. The maximum Gasteiger partial charge on any atom is 0.234 e. The largest absolute Gasteiger partial charge is 0.486 e. The van der Waals surface area contributed by atoms with Crippen LogP contribution in [-0.4, -0.2) is 29.9 Å². The number of carbonyl (C=O) groups is 1. The molecule has 0 radical (unpaired) electrons. The molecule has 1 N–H and O–H groups in total. The van der Waals surface area contributed by atoms with Crippen molar-refractivity contribution in [2.75, 3.05) is 24.3 Å². The van der Waals surface area contributed by atoms with Crippen molar-refractivity contribution in [3.05, 3.63) is 53.1 Å². The molecule has 1 aromatic heterocycles. The second kappa shape index (κ2) is 7.97. The third kappa shape index (κ3) is 3.98. The lowest BCUT2D eigenvalue weighted by Gasteiger charge is -2.18. The fraction of sp³-hybridized carbons (Fsp3) is 0.150. The number of hydrogen-bond acceptors (Lipinski definition) is 6. The van der Waals surface area contributed by atoms with Crippen molar-refractivity contribution in [3.8, 4) is 17.6 Å². The molecule has 140 valence electrons. The van der Waals surface area contributed by atoms with Gasteiger partial charge in [-0.25, -0.2) is 4.98 Å². The van der Waals surface area contributed by atoms with Crippen LogP contribution in [0.1, 0.15) is 5.56 Å². The van der Waals surface area contributed by atoms with Crippen molar-refractivity contribution < 1.29 is 14.3 Å². The highest BCUT2D eigenvalue weighted by Gasteiger charge is 2.16. The van der Waals surface area contributed by atoms with Gasteiger partial charge in [0.1, 0.15) is 24.3 Å². The monoisotopic (exact) mass is 411 g/mol. The van der Waals surface area contributed by atoms with Crippen molar-refractivity contribution in [2.45, 2.75) is 5.03 Å². The quantitative estimate of drug-likeness (QED) is 0.645. The second-order valence-electron chi connectivity index (χ2n) is 5.99. The molecular weight excluding hydrogens is 398 g/mol. The summed E-state index contributed by atoms with van der Waals surface area (Å²) in [6.45, 7) is 0.981. The zero-order valence-corrected chi connectivity index (χ0v) is 16.1. The maximum absolute atomic E-state index is 12.2. The highest BCUT2D eigenvalue weighted by molar-refractivity contribution is 8.00. The Morgan fingerprint density at radius 2 is 1.89 bits per heavy atom. The molecule has 0 saturated carbocycles. The molecular formula is C20H14ClN3O3S. The standard InChI is InChI=1S/C20H14ClN3O3S/c21-14-1-3-15(4-2-14)23-19(25)11-28-20-13(10-22)7-12-8-17-18(9-16(12)24-20)27-6-5-26-17/h1-4,7-9H,5-6,11H2,(H,23,25). The van der Waals surface area contributed by atoms with Crippen molar-refractivity contribution in [1.82, 2.24) is 4.98 Å². The van der Waals surface area contributed by atoms with Crippen LogP contribution >= 0.6 is 23.4 Å². The van der Waals surface area contributed by atoms with Crippen LogP contribution in [0.2, 0.25) is 5.02 Å². The van der Waals surface area contributed by atoms with Crippen LogP contribution in [0.5, 0.6) is 11.5 Å². The Bertz CT molecular complexity index is 1100. The number of hydrogen-bond donors (Lipinski definition) is 1. The summed E-state index contributed by atoms with van der Waals surface area (Å²) in [7, 11) is 0. The smallest absolute Gasteiger partial charge is 0.234 e. The molecule has 6 nitrogen and oxygen atoms in total. The van der Waals surface area contributed by atoms with Crippen LogP contribution in [0.4, 0.5) is 5.69 Å². The predicted molar refractivity (Wildman–Crippen MR) is 108 cm³/mol. The number of aromatic nitrogens is 1. The molecule has 0 saturated heterocycles. The van der Waals surface area contributed by atoms with Gasteiger partial charge >= 0.3 is 0 Å². The summed E-state index contributed by atoms with van der Waals surface area (Å²) in [4.78, 5) is 16.8. The molecule has 0 bridgehead atoms. The van der Waals surface area contributed by atoms with E-state index < -0.39 is 0 Å². The van der Waals surface area contributed by atoms with Crippen LogP contribution in [0, 0.1) is 11.3 Å². The minimum absolute atomic E-state index is 0.125. The van der Waals surface area contributed by atoms with Crippen molar-refractivity contribution in [2.24, 2.45) is 0 Å². The first-order valence-electron chi connectivity index (χ1n) is 8.45. The van der Waals surface area contributed by atoms with Gasteiger partial charge in [-0.05, 0) is 36.4 Å². The van der Waals surface area contributed by atoms with Gasteiger partial charge in [0.15, 0.2) is 11.5 Å². The van der Waals surface area contributed by atoms with E-state index in [1.54, 1.807) is 36.4 Å². The zero-order chi connectivity index (χ0) is 19.5. The summed E-state index contributed by atoms with van der Waals surface area (Å²) in [5.74, 6) is 1.21. The van der Waals surface area contributed by atoms with Crippen LogP contribution in [0.3, 0.4) is 0 Å². The normalized spacial score (nSPS) is 12.4. The van der Waals surface area contributed by atoms with Gasteiger partial charge in [-0.3, -0.25) is 4.79 Å². The van der Waals surface area contributed by atoms with E-state index in [1.165, 1.54) is 11.8 Å². The number of rotatable bonds is 4. The number of pyridine rings is 1. The van der Waals surface area contributed by atoms with Gasteiger partial charge in [0, 0.05) is 22.2 Å². The third-order valence-electron chi connectivity index (χ3n) is 4.03. The first-order valence-corrected chi connectivity index (χ1v) is 9.81. The molecule has 0 atom stereocenters. The minimum atomic E-state index is -0.194. The van der Waals surface area contributed by atoms with Crippen LogP contribution in [0.15, 0.2) is 47.5 Å². The Morgan fingerprint density at radius 3 is 2.61 bits per heavy atom. The highest BCUT2D eigenvalue weighted by atomic mass is 35.5. The lowest BCUT2D eigenvalue weighted by Crippen LogP contribution is -2.15. The zero-order valence-electron chi connectivity index (χ0n) is 14.6. The number of carbonyl (C=O) groups excluding carboxylic acids is 1. The average molecular weight is 412 g/mol. The van der Waals surface area contributed by atoms with Crippen LogP contribution < -0.4 is 14.8 Å². The predicted octanol–water partition coefficient (Wildman–Crippen LogP) is 4.26. The van der Waals surface area contributed by atoms with Gasteiger partial charge in [0.05, 0.1) is 16.8 Å². The van der Waals surface area contributed by atoms with Crippen LogP contribution in [-0.2, 0) is 4.79 Å². The van der Waals surface area contributed by atoms with E-state index in [0.717, 1.165) is 5.39 Å². The number of ether oxygens (including phenoxy) is 2. The highest BCUT2D eigenvalue weighted by Crippen LogP contribution is 2.35. The number of thioether (sulfide) groups is 1. The minimum Gasteiger partial charge on any atom is -0.486 e. The summed E-state index contributed by atoms with van der Waals surface area (Å²) in [6, 6.07) is 14.4. The molecule has 8 heteroatoms. The van der Waals surface area contributed by atoms with Gasteiger partial charge in [0.2, 0.25) is 5.91 Å². The SMILES string of the molecule is N#Cc1cc2cc3c(cc2nc1SCC(=O)Nc1ccc(Cl)cc1)OCCO3. The number of halogens is 1. The summed E-state index contributed by atoms with van der Waals surface area (Å²) in [6.07, 6.45) is 0. The van der Waals surface area contributed by atoms with Crippen molar-refractivity contribution >= 4 is 45.9 Å². The molecule has 0 spiro atoms. The molecule has 1 aliphatic heterocycles. The number of anilines is 1. The third-order valence-corrected chi connectivity index (χ3v) is 5.28. The lowest BCUT2D eigenvalue weighted by atomic mass is 10.1. The Labute approximate surface area is 170 Å². The van der Waals surface area contributed by atoms with E-state index >= 15 is 0 Å². The van der Waals surface area contributed by atoms with E-state index in [4.69, 9.17) is 21.1 Å². The molecule has 0 unspecified atom stereocenters. The average Bonchev–Trinajstić information content (AvgIpc) is 2.71. The molecule has 0 fully saturated rings. The summed E-state index contributed by atoms with van der Waals surface area (Å²) in [5, 5.41) is 14.1. The molecule has 0 aliphatic carbocycles. The van der Waals surface area contributed by atoms with E-state index in [9.17, 15) is 10.1 Å². The van der Waals surface area contributed by atoms with Crippen LogP contribution in [0.25, 0.3) is 10.9 Å². The van der Waals surface area contributed by atoms with Crippen molar-refractivity contribution in [3.63, 3.8) is 0 Å². The Balaban J connectivity index is 1.53. The first kappa shape index (κ1) is 18.4. The lowest BCUT2D eigenvalue weighted by molar-refractivity contribution is -0.113. The molecule has 28 heavy (non-hydrogen) atoms. The van der Waals surface area contributed by atoms with Crippen molar-refractivity contribution in [1.29, 1.82) is 5.26 Å². The summed E-state index contributed by atoms with van der Waals surface area (Å²) < 4.78 is 11.2. The van der Waals surface area contributed by atoms with Gasteiger partial charge in [-0.2, -0.15) is 5.26 Å². The number of nitriles is 1. The van der Waals surface area contributed by atoms with E-state index in [0.29, 0.717) is 51.5 Å². The Hall–Kier alpha value is -2.95. The fourth-order valence-corrected chi connectivity index (χ4v) is 3.64. The fourth-order valence-electron chi connectivity index (χ4n) is 2.75. The molecule has 2 aromatic carbocycles. The number of fused-ring (bicyclic) bond motifs is 2.